The number of carbonyl (C=O) groups excluding carboxylic acids is 1. The van der Waals surface area contributed by atoms with Crippen molar-refractivity contribution in [1.82, 2.24) is 9.78 Å². The van der Waals surface area contributed by atoms with E-state index >= 15 is 0 Å². The van der Waals surface area contributed by atoms with Gasteiger partial charge in [0, 0.05) is 6.54 Å². The highest BCUT2D eigenvalue weighted by Crippen LogP contribution is 2.19. The number of carbonyl (C=O) groups is 1. The molecule has 0 unspecified atom stereocenters. The minimum atomic E-state index is -0.0279. The highest BCUT2D eigenvalue weighted by atomic mass is 16.5. The maximum Gasteiger partial charge on any atom is 0.207 e. The van der Waals surface area contributed by atoms with E-state index in [2.05, 4.69) is 18.9 Å². The van der Waals surface area contributed by atoms with Gasteiger partial charge in [-0.15, -0.1) is 0 Å². The van der Waals surface area contributed by atoms with Crippen molar-refractivity contribution in [3.63, 3.8) is 0 Å². The molecular weight excluding hydrogens is 216 g/mol. The lowest BCUT2D eigenvalue weighted by Crippen LogP contribution is -2.09. The Kier molecular flexibility index (Phi) is 4.94. The molecule has 0 N–H and O–H groups in total. The molecule has 17 heavy (non-hydrogen) atoms. The summed E-state index contributed by atoms with van der Waals surface area (Å²) in [6.07, 6.45) is 5.07. The Morgan fingerprint density at radius 1 is 1.41 bits per heavy atom. The highest BCUT2D eigenvalue weighted by Gasteiger charge is 2.16. The first-order valence-corrected chi connectivity index (χ1v) is 6.01. The zero-order valence-corrected chi connectivity index (χ0v) is 11.0. The molecule has 0 bridgehead atoms. The number of hydrogen-bond acceptors (Lipinski definition) is 3. The lowest BCUT2D eigenvalue weighted by Gasteiger charge is -2.05. The Morgan fingerprint density at radius 2 is 2.06 bits per heavy atom. The van der Waals surface area contributed by atoms with Crippen molar-refractivity contribution in [2.75, 3.05) is 7.11 Å². The van der Waals surface area contributed by atoms with Gasteiger partial charge in [-0.3, -0.25) is 9.48 Å². The van der Waals surface area contributed by atoms with E-state index in [9.17, 15) is 4.79 Å². The van der Waals surface area contributed by atoms with Crippen molar-refractivity contribution in [1.29, 1.82) is 0 Å². The summed E-state index contributed by atoms with van der Waals surface area (Å²) >= 11 is 0. The fraction of sp³-hybridized carbons (Fsp3) is 0.538. The minimum absolute atomic E-state index is 0.0279. The quantitative estimate of drug-likeness (QED) is 0.563. The van der Waals surface area contributed by atoms with Crippen LogP contribution in [0, 0.1) is 0 Å². The first-order chi connectivity index (χ1) is 8.17. The van der Waals surface area contributed by atoms with Gasteiger partial charge in [0.2, 0.25) is 5.78 Å². The molecule has 0 amide bonds. The van der Waals surface area contributed by atoms with Crippen LogP contribution in [0.25, 0.3) is 0 Å². The van der Waals surface area contributed by atoms with E-state index in [0.717, 1.165) is 18.4 Å². The van der Waals surface area contributed by atoms with Gasteiger partial charge in [0.1, 0.15) is 0 Å². The molecule has 0 saturated heterocycles. The maximum atomic E-state index is 12.2. The number of hydrogen-bond donors (Lipinski definition) is 0. The van der Waals surface area contributed by atoms with Crippen LogP contribution < -0.4 is 4.74 Å². The van der Waals surface area contributed by atoms with Crippen LogP contribution in [0.3, 0.4) is 0 Å². The molecule has 0 radical (unpaired) electrons. The molecule has 0 saturated carbocycles. The third-order valence-corrected chi connectivity index (χ3v) is 2.80. The third-order valence-electron chi connectivity index (χ3n) is 2.80. The van der Waals surface area contributed by atoms with E-state index < -0.39 is 0 Å². The monoisotopic (exact) mass is 236 g/mol. The SMILES string of the molecule is CCC(=CC(=O)c1c(OC)cnn1CC)CC. The second-order valence-corrected chi connectivity index (χ2v) is 3.75. The fourth-order valence-electron chi connectivity index (χ4n) is 1.71. The number of aromatic nitrogens is 2. The van der Waals surface area contributed by atoms with Crippen LogP contribution in [-0.4, -0.2) is 22.7 Å². The first-order valence-electron chi connectivity index (χ1n) is 6.01. The van der Waals surface area contributed by atoms with Crippen LogP contribution in [0.2, 0.25) is 0 Å². The van der Waals surface area contributed by atoms with Crippen molar-refractivity contribution >= 4 is 5.78 Å². The molecule has 1 aromatic rings. The number of ether oxygens (including phenoxy) is 1. The molecular formula is C13H20N2O2. The van der Waals surface area contributed by atoms with E-state index in [-0.39, 0.29) is 5.78 Å². The van der Waals surface area contributed by atoms with Crippen LogP contribution in [0.1, 0.15) is 44.1 Å². The smallest absolute Gasteiger partial charge is 0.207 e. The van der Waals surface area contributed by atoms with Crippen molar-refractivity contribution in [3.05, 3.63) is 23.5 Å². The van der Waals surface area contributed by atoms with Gasteiger partial charge >= 0.3 is 0 Å². The lowest BCUT2D eigenvalue weighted by atomic mass is 10.1. The number of nitrogens with zero attached hydrogens (tertiary/aromatic N) is 2. The Balaban J connectivity index is 3.10. The van der Waals surface area contributed by atoms with Crippen LogP contribution in [0.15, 0.2) is 17.8 Å². The largest absolute Gasteiger partial charge is 0.493 e. The zero-order valence-electron chi connectivity index (χ0n) is 11.0. The molecule has 0 atom stereocenters. The van der Waals surface area contributed by atoms with Crippen molar-refractivity contribution in [3.8, 4) is 5.75 Å². The Hall–Kier alpha value is -1.58. The fourth-order valence-corrected chi connectivity index (χ4v) is 1.71. The lowest BCUT2D eigenvalue weighted by molar-refractivity contribution is 0.103. The van der Waals surface area contributed by atoms with Crippen LogP contribution in [0.4, 0.5) is 0 Å². The van der Waals surface area contributed by atoms with Crippen LogP contribution in [-0.2, 0) is 6.54 Å². The third kappa shape index (κ3) is 2.96. The van der Waals surface area contributed by atoms with Crippen molar-refractivity contribution in [2.24, 2.45) is 0 Å². The Morgan fingerprint density at radius 3 is 2.53 bits per heavy atom. The molecule has 0 aliphatic heterocycles. The summed E-state index contributed by atoms with van der Waals surface area (Å²) < 4.78 is 6.83. The predicted octanol–water partition coefficient (Wildman–Crippen LogP) is 2.84. The Labute approximate surface area is 102 Å². The van der Waals surface area contributed by atoms with Gasteiger partial charge in [-0.25, -0.2) is 0 Å². The number of ketones is 1. The first kappa shape index (κ1) is 13.5. The van der Waals surface area contributed by atoms with E-state index in [1.54, 1.807) is 24.1 Å². The van der Waals surface area contributed by atoms with E-state index in [1.807, 2.05) is 6.92 Å². The summed E-state index contributed by atoms with van der Waals surface area (Å²) in [5.41, 5.74) is 1.68. The highest BCUT2D eigenvalue weighted by molar-refractivity contribution is 6.05. The summed E-state index contributed by atoms with van der Waals surface area (Å²) in [6, 6.07) is 0. The molecule has 4 heteroatoms. The van der Waals surface area contributed by atoms with Crippen molar-refractivity contribution < 1.29 is 9.53 Å². The molecule has 1 aromatic heterocycles. The summed E-state index contributed by atoms with van der Waals surface area (Å²) in [4.78, 5) is 12.2. The predicted molar refractivity (Wildman–Crippen MR) is 67.4 cm³/mol. The molecule has 0 fully saturated rings. The number of methoxy groups -OCH3 is 1. The van der Waals surface area contributed by atoms with Crippen LogP contribution in [0.5, 0.6) is 5.75 Å². The van der Waals surface area contributed by atoms with Crippen molar-refractivity contribution in [2.45, 2.75) is 40.2 Å². The number of rotatable bonds is 6. The van der Waals surface area contributed by atoms with Gasteiger partial charge in [-0.2, -0.15) is 5.10 Å². The van der Waals surface area contributed by atoms with Gasteiger partial charge in [0.15, 0.2) is 11.4 Å². The van der Waals surface area contributed by atoms with Gasteiger partial charge in [0.05, 0.1) is 13.3 Å². The average molecular weight is 236 g/mol. The topological polar surface area (TPSA) is 44.1 Å². The molecule has 0 aromatic carbocycles. The van der Waals surface area contributed by atoms with Gasteiger partial charge in [-0.1, -0.05) is 19.4 Å². The second-order valence-electron chi connectivity index (χ2n) is 3.75. The van der Waals surface area contributed by atoms with Crippen LogP contribution >= 0.6 is 0 Å². The van der Waals surface area contributed by atoms with Gasteiger partial charge in [-0.05, 0) is 25.8 Å². The van der Waals surface area contributed by atoms with E-state index in [1.165, 1.54) is 0 Å². The number of aryl methyl sites for hydroxylation is 1. The standard InChI is InChI=1S/C13H20N2O2/c1-5-10(6-2)8-11(16)13-12(17-4)9-14-15(13)7-3/h8-9H,5-7H2,1-4H3. The molecule has 4 nitrogen and oxygen atoms in total. The molecule has 0 spiro atoms. The molecule has 0 aliphatic carbocycles. The summed E-state index contributed by atoms with van der Waals surface area (Å²) in [7, 11) is 1.55. The normalized spacial score (nSPS) is 10.1. The minimum Gasteiger partial charge on any atom is -0.493 e. The molecule has 1 heterocycles. The van der Waals surface area contributed by atoms with Gasteiger partial charge in [0.25, 0.3) is 0 Å². The molecule has 0 aliphatic rings. The van der Waals surface area contributed by atoms with E-state index in [0.29, 0.717) is 18.0 Å². The summed E-state index contributed by atoms with van der Waals surface area (Å²) in [6.45, 7) is 6.72. The summed E-state index contributed by atoms with van der Waals surface area (Å²) in [5, 5.41) is 4.13. The number of allylic oxidation sites excluding steroid dienone is 2. The summed E-state index contributed by atoms with van der Waals surface area (Å²) in [5.74, 6) is 0.513. The second kappa shape index (κ2) is 6.23. The average Bonchev–Trinajstić information content (AvgIpc) is 2.78. The molecule has 1 rings (SSSR count). The Bertz CT molecular complexity index is 392. The molecule has 94 valence electrons. The zero-order chi connectivity index (χ0) is 12.8. The van der Waals surface area contributed by atoms with Gasteiger partial charge < -0.3 is 4.74 Å². The maximum absolute atomic E-state index is 12.2. The van der Waals surface area contributed by atoms with E-state index in [4.69, 9.17) is 4.74 Å².